The summed E-state index contributed by atoms with van der Waals surface area (Å²) in [7, 11) is 0. The average molecular weight is 225 g/mol. The molecular weight excluding hydrogens is 210 g/mol. The Kier molecular flexibility index (Phi) is 8.70. The monoisotopic (exact) mass is 225 g/mol. The van der Waals surface area contributed by atoms with E-state index in [0.29, 0.717) is 0 Å². The second kappa shape index (κ2) is 10.1. The van der Waals surface area contributed by atoms with E-state index in [-0.39, 0.29) is 5.78 Å². The van der Waals surface area contributed by atoms with Crippen LogP contribution in [0.1, 0.15) is 12.5 Å². The fourth-order valence-electron chi connectivity index (χ4n) is 0.829. The van der Waals surface area contributed by atoms with E-state index in [4.69, 9.17) is 5.26 Å². The van der Waals surface area contributed by atoms with Gasteiger partial charge in [0, 0.05) is 6.08 Å². The van der Waals surface area contributed by atoms with Gasteiger partial charge in [0.1, 0.15) is 0 Å². The molecule has 0 aromatic heterocycles. The first-order valence-electron chi connectivity index (χ1n) is 5.11. The minimum Gasteiger partial charge on any atom is -0.295 e. The highest BCUT2D eigenvalue weighted by Crippen LogP contribution is 2.00. The summed E-state index contributed by atoms with van der Waals surface area (Å²) in [5.74, 6) is 0.0185. The minimum atomic E-state index is 0.0185. The Morgan fingerprint density at radius 1 is 1.29 bits per heavy atom. The summed E-state index contributed by atoms with van der Waals surface area (Å²) in [6.45, 7) is 4.68. The van der Waals surface area contributed by atoms with Crippen molar-refractivity contribution < 1.29 is 4.79 Å². The summed E-state index contributed by atoms with van der Waals surface area (Å²) in [5, 5.41) is 8.19. The molecule has 1 aromatic carbocycles. The Morgan fingerprint density at radius 2 is 1.88 bits per heavy atom. The number of nitriles is 1. The van der Waals surface area contributed by atoms with E-state index in [9.17, 15) is 4.79 Å². The Labute approximate surface area is 102 Å². The summed E-state index contributed by atoms with van der Waals surface area (Å²) >= 11 is 0. The number of hydrogen-bond donors (Lipinski definition) is 0. The van der Waals surface area contributed by atoms with Crippen LogP contribution in [0.25, 0.3) is 6.08 Å². The molecule has 0 unspecified atom stereocenters. The normalized spacial score (nSPS) is 9.41. The number of hydrogen-bond acceptors (Lipinski definition) is 2. The van der Waals surface area contributed by atoms with Crippen molar-refractivity contribution in [2.75, 3.05) is 0 Å². The molecule has 0 saturated heterocycles. The first-order valence-corrected chi connectivity index (χ1v) is 5.11. The first kappa shape index (κ1) is 14.6. The third-order valence-corrected chi connectivity index (χ3v) is 1.66. The van der Waals surface area contributed by atoms with Crippen molar-refractivity contribution in [2.45, 2.75) is 6.92 Å². The molecule has 1 rings (SSSR count). The fraction of sp³-hybridized carbons (Fsp3) is 0.0667. The standard InChI is InChI=1S/C11H9N.C4H6O/c12-10-6-2-5-9-11-7-3-1-4-8-11;1-3-4(2)5/h1-9H;3H,1H2,2H3. The number of ketones is 1. The average Bonchev–Trinajstić information content (AvgIpc) is 2.37. The van der Waals surface area contributed by atoms with Gasteiger partial charge < -0.3 is 0 Å². The number of rotatable bonds is 3. The van der Waals surface area contributed by atoms with Crippen LogP contribution in [0.2, 0.25) is 0 Å². The van der Waals surface area contributed by atoms with Crippen LogP contribution in [0.4, 0.5) is 0 Å². The maximum atomic E-state index is 9.69. The lowest BCUT2D eigenvalue weighted by Gasteiger charge is -1.87. The fourth-order valence-corrected chi connectivity index (χ4v) is 0.829. The van der Waals surface area contributed by atoms with Gasteiger partial charge in [0.25, 0.3) is 0 Å². The van der Waals surface area contributed by atoms with Gasteiger partial charge in [-0.05, 0) is 18.6 Å². The molecule has 17 heavy (non-hydrogen) atoms. The first-order chi connectivity index (χ1) is 8.20. The van der Waals surface area contributed by atoms with Gasteiger partial charge in [-0.15, -0.1) is 0 Å². The highest BCUT2D eigenvalue weighted by atomic mass is 16.1. The van der Waals surface area contributed by atoms with E-state index in [0.717, 1.165) is 5.56 Å². The molecule has 0 bridgehead atoms. The van der Waals surface area contributed by atoms with Crippen molar-refractivity contribution in [1.82, 2.24) is 0 Å². The molecule has 0 spiro atoms. The Hall–Kier alpha value is -2.40. The van der Waals surface area contributed by atoms with E-state index < -0.39 is 0 Å². The summed E-state index contributed by atoms with van der Waals surface area (Å²) in [5.41, 5.74) is 1.14. The van der Waals surface area contributed by atoms with Crippen LogP contribution < -0.4 is 0 Å². The SMILES string of the molecule is C=CC(C)=O.N#CC=CC=Cc1ccccc1. The van der Waals surface area contributed by atoms with Gasteiger partial charge in [0.15, 0.2) is 5.78 Å². The molecule has 0 N–H and O–H groups in total. The van der Waals surface area contributed by atoms with Crippen molar-refractivity contribution in [3.8, 4) is 6.07 Å². The van der Waals surface area contributed by atoms with E-state index in [1.165, 1.54) is 19.1 Å². The number of carbonyl (C=O) groups is 1. The van der Waals surface area contributed by atoms with Gasteiger partial charge in [-0.2, -0.15) is 5.26 Å². The summed E-state index contributed by atoms with van der Waals surface area (Å²) in [6, 6.07) is 11.9. The molecular formula is C15H15NO. The molecule has 2 heteroatoms. The lowest BCUT2D eigenvalue weighted by molar-refractivity contribution is -0.112. The van der Waals surface area contributed by atoms with Crippen molar-refractivity contribution in [3.05, 3.63) is 66.8 Å². The van der Waals surface area contributed by atoms with Crippen LogP contribution in [0.15, 0.2) is 61.2 Å². The van der Waals surface area contributed by atoms with E-state index in [1.54, 1.807) is 6.08 Å². The molecule has 0 aliphatic carbocycles. The molecule has 0 saturated carbocycles. The van der Waals surface area contributed by atoms with Crippen LogP contribution in [0.3, 0.4) is 0 Å². The number of allylic oxidation sites excluding steroid dienone is 4. The van der Waals surface area contributed by atoms with Crippen molar-refractivity contribution in [3.63, 3.8) is 0 Å². The molecule has 0 aliphatic rings. The summed E-state index contributed by atoms with van der Waals surface area (Å²) < 4.78 is 0. The van der Waals surface area contributed by atoms with Crippen LogP contribution in [-0.2, 0) is 4.79 Å². The maximum Gasteiger partial charge on any atom is 0.152 e. The Bertz CT molecular complexity index is 436. The van der Waals surface area contributed by atoms with E-state index in [1.807, 2.05) is 48.6 Å². The maximum absolute atomic E-state index is 9.69. The zero-order chi connectivity index (χ0) is 12.9. The lowest BCUT2D eigenvalue weighted by atomic mass is 10.2. The molecule has 0 amide bonds. The molecule has 86 valence electrons. The largest absolute Gasteiger partial charge is 0.295 e. The molecule has 0 atom stereocenters. The van der Waals surface area contributed by atoms with Gasteiger partial charge in [-0.25, -0.2) is 0 Å². The Balaban J connectivity index is 0.000000437. The van der Waals surface area contributed by atoms with E-state index >= 15 is 0 Å². The molecule has 1 aromatic rings. The smallest absolute Gasteiger partial charge is 0.152 e. The van der Waals surface area contributed by atoms with Crippen LogP contribution in [0.5, 0.6) is 0 Å². The van der Waals surface area contributed by atoms with Crippen LogP contribution >= 0.6 is 0 Å². The van der Waals surface area contributed by atoms with Crippen molar-refractivity contribution in [1.29, 1.82) is 5.26 Å². The molecule has 0 fully saturated rings. The third kappa shape index (κ3) is 9.89. The highest BCUT2D eigenvalue weighted by molar-refractivity contribution is 5.86. The van der Waals surface area contributed by atoms with Crippen molar-refractivity contribution >= 4 is 11.9 Å². The molecule has 0 aliphatic heterocycles. The predicted molar refractivity (Wildman–Crippen MR) is 71.1 cm³/mol. The molecule has 0 radical (unpaired) electrons. The van der Waals surface area contributed by atoms with Crippen molar-refractivity contribution in [2.24, 2.45) is 0 Å². The van der Waals surface area contributed by atoms with Gasteiger partial charge in [0.2, 0.25) is 0 Å². The summed E-state index contributed by atoms with van der Waals surface area (Å²) in [6.07, 6.45) is 8.23. The minimum absolute atomic E-state index is 0.0185. The quantitative estimate of drug-likeness (QED) is 0.448. The van der Waals surface area contributed by atoms with Gasteiger partial charge in [-0.1, -0.05) is 55.1 Å². The topological polar surface area (TPSA) is 40.9 Å². The highest BCUT2D eigenvalue weighted by Gasteiger charge is 1.78. The Morgan fingerprint density at radius 3 is 2.35 bits per heavy atom. The zero-order valence-corrected chi connectivity index (χ0v) is 9.84. The predicted octanol–water partition coefficient (Wildman–Crippen LogP) is 3.54. The number of benzene rings is 1. The molecule has 0 heterocycles. The lowest BCUT2D eigenvalue weighted by Crippen LogP contribution is -1.74. The third-order valence-electron chi connectivity index (χ3n) is 1.66. The zero-order valence-electron chi connectivity index (χ0n) is 9.84. The number of nitrogens with zero attached hydrogens (tertiary/aromatic N) is 1. The molecule has 2 nitrogen and oxygen atoms in total. The van der Waals surface area contributed by atoms with Crippen LogP contribution in [0, 0.1) is 11.3 Å². The summed E-state index contributed by atoms with van der Waals surface area (Å²) in [4.78, 5) is 9.69. The number of carbonyl (C=O) groups excluding carboxylic acids is 1. The second-order valence-electron chi connectivity index (χ2n) is 3.07. The van der Waals surface area contributed by atoms with Gasteiger partial charge >= 0.3 is 0 Å². The van der Waals surface area contributed by atoms with E-state index in [2.05, 4.69) is 6.58 Å². The van der Waals surface area contributed by atoms with Gasteiger partial charge in [-0.3, -0.25) is 4.79 Å². The van der Waals surface area contributed by atoms with Crippen LogP contribution in [-0.4, -0.2) is 5.78 Å². The van der Waals surface area contributed by atoms with Gasteiger partial charge in [0.05, 0.1) is 6.07 Å². The second-order valence-corrected chi connectivity index (χ2v) is 3.07.